The molecule has 6 nitrogen and oxygen atoms in total. The van der Waals surface area contributed by atoms with Crippen molar-refractivity contribution in [2.24, 2.45) is 0 Å². The van der Waals surface area contributed by atoms with Crippen molar-refractivity contribution < 1.29 is 14.4 Å². The lowest BCUT2D eigenvalue weighted by Gasteiger charge is -2.24. The molecule has 162 valence electrons. The molecule has 1 aliphatic carbocycles. The number of benzene rings is 2. The number of rotatable bonds is 4. The average molecular weight is 420 g/mol. The Kier molecular flexibility index (Phi) is 5.12. The Labute approximate surface area is 183 Å². The Morgan fingerprint density at radius 3 is 2.42 bits per heavy atom. The topological polar surface area (TPSA) is 78.5 Å². The van der Waals surface area contributed by atoms with E-state index in [2.05, 4.69) is 31.4 Å². The molecule has 2 aromatic carbocycles. The van der Waals surface area contributed by atoms with Gasteiger partial charge in [-0.25, -0.2) is 4.79 Å². The molecule has 0 spiro atoms. The normalized spacial score (nSPS) is 20.6. The number of carbonyl (C=O) groups is 3. The first kappa shape index (κ1) is 21.1. The zero-order valence-electron chi connectivity index (χ0n) is 18.5. The van der Waals surface area contributed by atoms with E-state index in [0.29, 0.717) is 11.3 Å². The number of hydrogen-bond acceptors (Lipinski definition) is 3. The number of hydrogen-bond donors (Lipinski definition) is 2. The van der Waals surface area contributed by atoms with Crippen LogP contribution < -0.4 is 10.6 Å². The van der Waals surface area contributed by atoms with Crippen LogP contribution >= 0.6 is 0 Å². The summed E-state index contributed by atoms with van der Waals surface area (Å²) in [5, 5.41) is 5.58. The molecular formula is C25H29N3O3. The SMILES string of the molecule is CC(C)(C)c1ccc(C2(C)NC(=O)N(CC(=O)Nc3ccc4c(c3)CCC4)C2=O)cc1. The van der Waals surface area contributed by atoms with E-state index in [9.17, 15) is 14.4 Å². The molecule has 1 unspecified atom stereocenters. The number of aryl methyl sites for hydroxylation is 2. The molecule has 1 heterocycles. The highest BCUT2D eigenvalue weighted by atomic mass is 16.2. The molecule has 1 aliphatic heterocycles. The minimum Gasteiger partial charge on any atom is -0.325 e. The highest BCUT2D eigenvalue weighted by Gasteiger charge is 2.49. The van der Waals surface area contributed by atoms with Crippen molar-refractivity contribution in [3.63, 3.8) is 0 Å². The van der Waals surface area contributed by atoms with Gasteiger partial charge in [0.25, 0.3) is 5.91 Å². The van der Waals surface area contributed by atoms with Crippen LogP contribution in [0.25, 0.3) is 0 Å². The van der Waals surface area contributed by atoms with Gasteiger partial charge in [0.1, 0.15) is 12.1 Å². The van der Waals surface area contributed by atoms with Crippen molar-refractivity contribution in [1.82, 2.24) is 10.2 Å². The van der Waals surface area contributed by atoms with Gasteiger partial charge < -0.3 is 10.6 Å². The summed E-state index contributed by atoms with van der Waals surface area (Å²) in [7, 11) is 0. The van der Waals surface area contributed by atoms with E-state index < -0.39 is 23.4 Å². The Balaban J connectivity index is 1.47. The summed E-state index contributed by atoms with van der Waals surface area (Å²) >= 11 is 0. The molecule has 1 fully saturated rings. The molecule has 31 heavy (non-hydrogen) atoms. The summed E-state index contributed by atoms with van der Waals surface area (Å²) in [6.45, 7) is 7.71. The predicted octanol–water partition coefficient (Wildman–Crippen LogP) is 3.88. The van der Waals surface area contributed by atoms with Gasteiger partial charge in [0.05, 0.1) is 0 Å². The smallest absolute Gasteiger partial charge is 0.325 e. The van der Waals surface area contributed by atoms with Crippen LogP contribution in [-0.4, -0.2) is 29.3 Å². The maximum absolute atomic E-state index is 13.1. The molecule has 2 N–H and O–H groups in total. The summed E-state index contributed by atoms with van der Waals surface area (Å²) in [6, 6.07) is 13.0. The molecule has 4 rings (SSSR count). The lowest BCUT2D eigenvalue weighted by molar-refractivity contribution is -0.133. The Morgan fingerprint density at radius 1 is 1.06 bits per heavy atom. The minimum atomic E-state index is -1.19. The first-order chi connectivity index (χ1) is 14.6. The third-order valence-electron chi connectivity index (χ3n) is 6.29. The number of carbonyl (C=O) groups excluding carboxylic acids is 3. The maximum Gasteiger partial charge on any atom is 0.325 e. The number of amides is 4. The van der Waals surface area contributed by atoms with Gasteiger partial charge in [-0.3, -0.25) is 14.5 Å². The third kappa shape index (κ3) is 3.94. The maximum atomic E-state index is 13.1. The Hall–Kier alpha value is -3.15. The zero-order chi connectivity index (χ0) is 22.4. The standard InChI is InChI=1S/C25H29N3O3/c1-24(2,3)18-9-11-19(12-10-18)25(4)22(30)28(23(31)27-25)15-21(29)26-20-13-8-16-6-5-7-17(16)14-20/h8-14H,5-7,15H2,1-4H3,(H,26,29)(H,27,31). The molecule has 0 radical (unpaired) electrons. The van der Waals surface area contributed by atoms with Crippen molar-refractivity contribution in [2.75, 3.05) is 11.9 Å². The van der Waals surface area contributed by atoms with Crippen molar-refractivity contribution >= 4 is 23.5 Å². The van der Waals surface area contributed by atoms with E-state index in [4.69, 9.17) is 0 Å². The second kappa shape index (κ2) is 7.52. The van der Waals surface area contributed by atoms with Crippen molar-refractivity contribution in [3.8, 4) is 0 Å². The fraction of sp³-hybridized carbons (Fsp3) is 0.400. The highest BCUT2D eigenvalue weighted by Crippen LogP contribution is 2.31. The lowest BCUT2D eigenvalue weighted by Crippen LogP contribution is -2.42. The van der Waals surface area contributed by atoms with E-state index in [1.54, 1.807) is 6.92 Å². The summed E-state index contributed by atoms with van der Waals surface area (Å²) in [5.74, 6) is -0.820. The first-order valence-corrected chi connectivity index (χ1v) is 10.7. The number of nitrogens with zero attached hydrogens (tertiary/aromatic N) is 1. The largest absolute Gasteiger partial charge is 0.325 e. The van der Waals surface area contributed by atoms with Crippen LogP contribution in [0.4, 0.5) is 10.5 Å². The van der Waals surface area contributed by atoms with E-state index in [1.165, 1.54) is 11.1 Å². The fourth-order valence-electron chi connectivity index (χ4n) is 4.33. The lowest BCUT2D eigenvalue weighted by atomic mass is 9.84. The van der Waals surface area contributed by atoms with E-state index >= 15 is 0 Å². The van der Waals surface area contributed by atoms with Crippen LogP contribution in [0.1, 0.15) is 56.4 Å². The van der Waals surface area contributed by atoms with Crippen molar-refractivity contribution in [2.45, 2.75) is 57.9 Å². The minimum absolute atomic E-state index is 0.00987. The summed E-state index contributed by atoms with van der Waals surface area (Å²) < 4.78 is 0. The van der Waals surface area contributed by atoms with E-state index in [1.807, 2.05) is 42.5 Å². The summed E-state index contributed by atoms with van der Waals surface area (Å²) in [4.78, 5) is 39.2. The number of fused-ring (bicyclic) bond motifs is 1. The first-order valence-electron chi connectivity index (χ1n) is 10.7. The molecule has 0 aromatic heterocycles. The molecule has 1 saturated heterocycles. The van der Waals surface area contributed by atoms with Crippen LogP contribution in [-0.2, 0) is 33.4 Å². The number of anilines is 1. The Bertz CT molecular complexity index is 1050. The van der Waals surface area contributed by atoms with Gasteiger partial charge in [-0.05, 0) is 66.0 Å². The summed E-state index contributed by atoms with van der Waals surface area (Å²) in [5.41, 5.74) is 3.89. The molecular weight excluding hydrogens is 390 g/mol. The highest BCUT2D eigenvalue weighted by molar-refractivity contribution is 6.10. The molecule has 2 aliphatic rings. The van der Waals surface area contributed by atoms with Crippen LogP contribution in [0.2, 0.25) is 0 Å². The number of nitrogens with one attached hydrogen (secondary N) is 2. The fourth-order valence-corrected chi connectivity index (χ4v) is 4.33. The van der Waals surface area contributed by atoms with Gasteiger partial charge in [-0.15, -0.1) is 0 Å². The molecule has 6 heteroatoms. The second-order valence-corrected chi connectivity index (χ2v) is 9.66. The summed E-state index contributed by atoms with van der Waals surface area (Å²) in [6.07, 6.45) is 3.21. The molecule has 2 aromatic rings. The number of urea groups is 1. The van der Waals surface area contributed by atoms with E-state index in [-0.39, 0.29) is 12.0 Å². The quantitative estimate of drug-likeness (QED) is 0.739. The third-order valence-corrected chi connectivity index (χ3v) is 6.29. The Morgan fingerprint density at radius 2 is 1.74 bits per heavy atom. The number of imide groups is 1. The molecule has 4 amide bonds. The van der Waals surface area contributed by atoms with Gasteiger partial charge in [-0.1, -0.05) is 51.1 Å². The van der Waals surface area contributed by atoms with Crippen molar-refractivity contribution in [1.29, 1.82) is 0 Å². The molecule has 0 bridgehead atoms. The monoisotopic (exact) mass is 419 g/mol. The van der Waals surface area contributed by atoms with Gasteiger partial charge in [0, 0.05) is 5.69 Å². The van der Waals surface area contributed by atoms with Crippen LogP contribution in [0.5, 0.6) is 0 Å². The van der Waals surface area contributed by atoms with Crippen LogP contribution in [0, 0.1) is 0 Å². The van der Waals surface area contributed by atoms with Crippen molar-refractivity contribution in [3.05, 3.63) is 64.7 Å². The molecule has 1 atom stereocenters. The van der Waals surface area contributed by atoms with E-state index in [0.717, 1.165) is 29.7 Å². The van der Waals surface area contributed by atoms with Gasteiger partial charge in [-0.2, -0.15) is 0 Å². The average Bonchev–Trinajstić information content (AvgIpc) is 3.26. The second-order valence-electron chi connectivity index (χ2n) is 9.66. The van der Waals surface area contributed by atoms with Gasteiger partial charge >= 0.3 is 6.03 Å². The predicted molar refractivity (Wildman–Crippen MR) is 120 cm³/mol. The van der Waals surface area contributed by atoms with Crippen LogP contribution in [0.15, 0.2) is 42.5 Å². The van der Waals surface area contributed by atoms with Gasteiger partial charge in [0.15, 0.2) is 0 Å². The zero-order valence-corrected chi connectivity index (χ0v) is 18.5. The molecule has 0 saturated carbocycles. The van der Waals surface area contributed by atoms with Gasteiger partial charge in [0.2, 0.25) is 5.91 Å². The van der Waals surface area contributed by atoms with Crippen LogP contribution in [0.3, 0.4) is 0 Å².